The molecule has 2 rings (SSSR count). The van der Waals surface area contributed by atoms with Crippen LogP contribution in [0.25, 0.3) is 0 Å². The Balaban J connectivity index is 2.26. The lowest BCUT2D eigenvalue weighted by Crippen LogP contribution is -2.53. The lowest BCUT2D eigenvalue weighted by Gasteiger charge is -2.48. The van der Waals surface area contributed by atoms with Crippen LogP contribution < -0.4 is 4.74 Å². The molecule has 0 bridgehead atoms. The molecule has 4 nitrogen and oxygen atoms in total. The Morgan fingerprint density at radius 2 is 2.17 bits per heavy atom. The van der Waals surface area contributed by atoms with Crippen LogP contribution in [-0.2, 0) is 0 Å². The summed E-state index contributed by atoms with van der Waals surface area (Å²) >= 11 is 6.12. The fourth-order valence-corrected chi connectivity index (χ4v) is 2.45. The number of nitro groups is 1. The van der Waals surface area contributed by atoms with Gasteiger partial charge in [0.2, 0.25) is 0 Å². The first-order valence-corrected chi connectivity index (χ1v) is 6.32. The summed E-state index contributed by atoms with van der Waals surface area (Å²) in [4.78, 5) is 10.7. The Labute approximate surface area is 111 Å². The molecule has 1 aliphatic carbocycles. The summed E-state index contributed by atoms with van der Waals surface area (Å²) in [6, 6.07) is 5.12. The second-order valence-corrected chi connectivity index (χ2v) is 5.84. The Kier molecular flexibility index (Phi) is 3.23. The molecule has 0 saturated heterocycles. The zero-order valence-corrected chi connectivity index (χ0v) is 11.4. The minimum atomic E-state index is -0.394. The first-order chi connectivity index (χ1) is 8.34. The number of hydrogen-bond donors (Lipinski definition) is 0. The molecule has 1 aromatic carbocycles. The zero-order chi connectivity index (χ0) is 13.5. The summed E-state index contributed by atoms with van der Waals surface area (Å²) in [6.07, 6.45) is 0.653. The fraction of sp³-hybridized carbons (Fsp3) is 0.538. The smallest absolute Gasteiger partial charge is 0.313 e. The summed E-state index contributed by atoms with van der Waals surface area (Å²) in [5.41, 5.74) is 0.502. The Morgan fingerprint density at radius 3 is 2.67 bits per heavy atom. The topological polar surface area (TPSA) is 52.4 Å². The maximum absolute atomic E-state index is 11.1. The molecule has 1 fully saturated rings. The quantitative estimate of drug-likeness (QED) is 0.478. The molecule has 1 saturated carbocycles. The third kappa shape index (κ3) is 2.05. The SMILES string of the molecule is Cc1cccc(OC2CC(Cl)C2(C)C)c1[N+](=O)[O-]. The van der Waals surface area contributed by atoms with E-state index in [1.54, 1.807) is 25.1 Å². The van der Waals surface area contributed by atoms with E-state index < -0.39 is 4.92 Å². The number of ether oxygens (including phenoxy) is 1. The second-order valence-electron chi connectivity index (χ2n) is 5.31. The van der Waals surface area contributed by atoms with Gasteiger partial charge in [-0.3, -0.25) is 10.1 Å². The largest absolute Gasteiger partial charge is 0.483 e. The van der Waals surface area contributed by atoms with E-state index in [0.717, 1.165) is 6.42 Å². The van der Waals surface area contributed by atoms with Gasteiger partial charge in [0.15, 0.2) is 5.75 Å². The van der Waals surface area contributed by atoms with Crippen molar-refractivity contribution in [1.82, 2.24) is 0 Å². The van der Waals surface area contributed by atoms with Crippen molar-refractivity contribution in [2.45, 2.75) is 38.7 Å². The summed E-state index contributed by atoms with van der Waals surface area (Å²) in [6.45, 7) is 5.74. The second kappa shape index (κ2) is 4.43. The number of hydrogen-bond acceptors (Lipinski definition) is 3. The number of para-hydroxylation sites is 1. The normalized spacial score (nSPS) is 25.3. The van der Waals surface area contributed by atoms with Crippen LogP contribution in [0.5, 0.6) is 5.75 Å². The molecule has 1 aromatic rings. The highest BCUT2D eigenvalue weighted by Crippen LogP contribution is 2.47. The highest BCUT2D eigenvalue weighted by atomic mass is 35.5. The minimum absolute atomic E-state index is 0.0475. The number of alkyl halides is 1. The predicted octanol–water partition coefficient (Wildman–Crippen LogP) is 3.69. The summed E-state index contributed by atoms with van der Waals surface area (Å²) in [7, 11) is 0. The molecular formula is C13H16ClNO3. The van der Waals surface area contributed by atoms with Crippen molar-refractivity contribution in [3.05, 3.63) is 33.9 Å². The van der Waals surface area contributed by atoms with Crippen LogP contribution in [0.1, 0.15) is 25.8 Å². The number of benzene rings is 1. The van der Waals surface area contributed by atoms with Gasteiger partial charge in [0, 0.05) is 22.8 Å². The van der Waals surface area contributed by atoms with Crippen molar-refractivity contribution in [3.8, 4) is 5.75 Å². The maximum Gasteiger partial charge on any atom is 0.313 e. The lowest BCUT2D eigenvalue weighted by molar-refractivity contribution is -0.386. The Morgan fingerprint density at radius 1 is 1.50 bits per heavy atom. The van der Waals surface area contributed by atoms with Crippen molar-refractivity contribution < 1.29 is 9.66 Å². The molecule has 0 N–H and O–H groups in total. The first-order valence-electron chi connectivity index (χ1n) is 5.88. The van der Waals surface area contributed by atoms with E-state index in [-0.39, 0.29) is 22.6 Å². The summed E-state index contributed by atoms with van der Waals surface area (Å²) in [5.74, 6) is 0.335. The number of nitrogens with zero attached hydrogens (tertiary/aromatic N) is 1. The van der Waals surface area contributed by atoms with Crippen LogP contribution in [0.15, 0.2) is 18.2 Å². The van der Waals surface area contributed by atoms with Gasteiger partial charge in [-0.05, 0) is 13.0 Å². The number of nitro benzene ring substituents is 1. The van der Waals surface area contributed by atoms with Crippen LogP contribution in [-0.4, -0.2) is 16.4 Å². The Hall–Kier alpha value is -1.29. The standard InChI is InChI=1S/C13H16ClNO3/c1-8-5-4-6-9(12(8)15(16)17)18-11-7-10(14)13(11,2)3/h4-6,10-11H,7H2,1-3H3. The van der Waals surface area contributed by atoms with E-state index in [2.05, 4.69) is 0 Å². The predicted molar refractivity (Wildman–Crippen MR) is 70.3 cm³/mol. The fourth-order valence-electron chi connectivity index (χ4n) is 2.15. The molecular weight excluding hydrogens is 254 g/mol. The molecule has 1 aliphatic rings. The lowest BCUT2D eigenvalue weighted by atomic mass is 9.68. The van der Waals surface area contributed by atoms with Crippen molar-refractivity contribution in [3.63, 3.8) is 0 Å². The van der Waals surface area contributed by atoms with E-state index in [1.807, 2.05) is 13.8 Å². The maximum atomic E-state index is 11.1. The van der Waals surface area contributed by atoms with Crippen molar-refractivity contribution >= 4 is 17.3 Å². The van der Waals surface area contributed by atoms with E-state index >= 15 is 0 Å². The average Bonchev–Trinajstić information content (AvgIpc) is 2.28. The highest BCUT2D eigenvalue weighted by molar-refractivity contribution is 6.21. The van der Waals surface area contributed by atoms with Crippen LogP contribution in [0.3, 0.4) is 0 Å². The van der Waals surface area contributed by atoms with Gasteiger partial charge in [0.05, 0.1) is 4.92 Å². The third-order valence-electron chi connectivity index (χ3n) is 3.71. The summed E-state index contributed by atoms with van der Waals surface area (Å²) < 4.78 is 5.78. The number of rotatable bonds is 3. The van der Waals surface area contributed by atoms with E-state index in [1.165, 1.54) is 0 Å². The van der Waals surface area contributed by atoms with Crippen LogP contribution in [0.2, 0.25) is 0 Å². The molecule has 0 heterocycles. The summed E-state index contributed by atoms with van der Waals surface area (Å²) in [5, 5.41) is 11.1. The van der Waals surface area contributed by atoms with Gasteiger partial charge in [-0.25, -0.2) is 0 Å². The molecule has 0 radical (unpaired) electrons. The zero-order valence-electron chi connectivity index (χ0n) is 10.6. The van der Waals surface area contributed by atoms with Crippen molar-refractivity contribution in [2.24, 2.45) is 5.41 Å². The van der Waals surface area contributed by atoms with E-state index in [0.29, 0.717) is 11.3 Å². The van der Waals surface area contributed by atoms with Crippen LogP contribution >= 0.6 is 11.6 Å². The molecule has 98 valence electrons. The van der Waals surface area contributed by atoms with Gasteiger partial charge in [0.1, 0.15) is 6.10 Å². The Bertz CT molecular complexity index is 487. The van der Waals surface area contributed by atoms with Gasteiger partial charge in [-0.1, -0.05) is 26.0 Å². The molecule has 0 aromatic heterocycles. The van der Waals surface area contributed by atoms with Crippen molar-refractivity contribution in [2.75, 3.05) is 0 Å². The molecule has 18 heavy (non-hydrogen) atoms. The van der Waals surface area contributed by atoms with Gasteiger partial charge in [-0.15, -0.1) is 11.6 Å². The van der Waals surface area contributed by atoms with Crippen LogP contribution in [0.4, 0.5) is 5.69 Å². The molecule has 5 heteroatoms. The first kappa shape index (κ1) is 13.1. The molecule has 2 unspecified atom stereocenters. The van der Waals surface area contributed by atoms with Crippen LogP contribution in [0, 0.1) is 22.5 Å². The molecule has 0 spiro atoms. The van der Waals surface area contributed by atoms with Gasteiger partial charge in [-0.2, -0.15) is 0 Å². The molecule has 0 aliphatic heterocycles. The number of halogens is 1. The molecule has 2 atom stereocenters. The van der Waals surface area contributed by atoms with Gasteiger partial charge < -0.3 is 4.74 Å². The van der Waals surface area contributed by atoms with E-state index in [9.17, 15) is 10.1 Å². The number of aryl methyl sites for hydroxylation is 1. The van der Waals surface area contributed by atoms with Crippen molar-refractivity contribution in [1.29, 1.82) is 0 Å². The third-order valence-corrected chi connectivity index (χ3v) is 4.45. The molecule has 0 amide bonds. The minimum Gasteiger partial charge on any atom is -0.483 e. The van der Waals surface area contributed by atoms with Gasteiger partial charge >= 0.3 is 5.69 Å². The highest BCUT2D eigenvalue weighted by Gasteiger charge is 2.49. The van der Waals surface area contributed by atoms with Gasteiger partial charge in [0.25, 0.3) is 0 Å². The average molecular weight is 270 g/mol. The van der Waals surface area contributed by atoms with E-state index in [4.69, 9.17) is 16.3 Å². The monoisotopic (exact) mass is 269 g/mol.